The van der Waals surface area contributed by atoms with E-state index in [2.05, 4.69) is 34.1 Å². The molecule has 0 bridgehead atoms. The lowest BCUT2D eigenvalue weighted by molar-refractivity contribution is -0.0553. The molecule has 0 saturated carbocycles. The molecular formula is C27H31N3O4S. The molecule has 0 amide bonds. The summed E-state index contributed by atoms with van der Waals surface area (Å²) >= 11 is 0. The number of pyridine rings is 1. The SMILES string of the molecule is COc1ccc(S(=O)(=O)N2CCCCN3[C@H](CO)[C@@H](c4ccc(-c5cccnc5)cc4)[C@@H]3C2)cc1. The molecule has 2 aliphatic heterocycles. The van der Waals surface area contributed by atoms with E-state index >= 15 is 0 Å². The van der Waals surface area contributed by atoms with Crippen molar-refractivity contribution in [1.29, 1.82) is 0 Å². The second-order valence-corrected chi connectivity index (χ2v) is 11.1. The van der Waals surface area contributed by atoms with Gasteiger partial charge in [-0.1, -0.05) is 30.3 Å². The second kappa shape index (κ2) is 10.1. The van der Waals surface area contributed by atoms with E-state index in [0.29, 0.717) is 18.8 Å². The fraction of sp³-hybridized carbons (Fsp3) is 0.370. The normalized spacial score (nSPS) is 23.5. The summed E-state index contributed by atoms with van der Waals surface area (Å²) in [6.45, 7) is 1.82. The molecule has 0 aliphatic carbocycles. The summed E-state index contributed by atoms with van der Waals surface area (Å²) in [5, 5.41) is 10.2. The fourth-order valence-electron chi connectivity index (χ4n) is 5.46. The van der Waals surface area contributed by atoms with Crippen molar-refractivity contribution in [3.05, 3.63) is 78.6 Å². The Bertz CT molecular complexity index is 1230. The van der Waals surface area contributed by atoms with Gasteiger partial charge >= 0.3 is 0 Å². The zero-order chi connectivity index (χ0) is 24.4. The minimum atomic E-state index is -3.64. The molecule has 8 heteroatoms. The minimum Gasteiger partial charge on any atom is -0.497 e. The Labute approximate surface area is 207 Å². The van der Waals surface area contributed by atoms with E-state index in [-0.39, 0.29) is 29.5 Å². The smallest absolute Gasteiger partial charge is 0.243 e. The maximum Gasteiger partial charge on any atom is 0.243 e. The second-order valence-electron chi connectivity index (χ2n) is 9.19. The van der Waals surface area contributed by atoms with Gasteiger partial charge in [0.2, 0.25) is 10.0 Å². The molecule has 2 aromatic carbocycles. The number of benzene rings is 2. The fourth-order valence-corrected chi connectivity index (χ4v) is 6.95. The number of methoxy groups -OCH3 is 1. The third-order valence-electron chi connectivity index (χ3n) is 7.32. The van der Waals surface area contributed by atoms with Crippen molar-refractivity contribution < 1.29 is 18.3 Å². The molecule has 3 aromatic rings. The quantitative estimate of drug-likeness (QED) is 0.567. The Morgan fingerprint density at radius 1 is 1.00 bits per heavy atom. The molecule has 2 saturated heterocycles. The Morgan fingerprint density at radius 3 is 2.40 bits per heavy atom. The van der Waals surface area contributed by atoms with Crippen molar-refractivity contribution in [2.45, 2.75) is 35.7 Å². The van der Waals surface area contributed by atoms with Crippen LogP contribution < -0.4 is 4.74 Å². The number of hydrogen-bond donors (Lipinski definition) is 1. The Kier molecular flexibility index (Phi) is 6.88. The molecule has 184 valence electrons. The molecule has 3 heterocycles. The van der Waals surface area contributed by atoms with Gasteiger partial charge in [-0.05, 0) is 66.4 Å². The van der Waals surface area contributed by atoms with Crippen LogP contribution in [-0.2, 0) is 10.0 Å². The predicted molar refractivity (Wildman–Crippen MR) is 135 cm³/mol. The number of aliphatic hydroxyl groups is 1. The number of aliphatic hydroxyl groups excluding tert-OH is 1. The molecule has 7 nitrogen and oxygen atoms in total. The van der Waals surface area contributed by atoms with Gasteiger partial charge in [0.1, 0.15) is 5.75 Å². The maximum atomic E-state index is 13.5. The van der Waals surface area contributed by atoms with Crippen molar-refractivity contribution in [2.24, 2.45) is 0 Å². The largest absolute Gasteiger partial charge is 0.497 e. The van der Waals surface area contributed by atoms with Crippen LogP contribution in [0.5, 0.6) is 5.75 Å². The Hall–Kier alpha value is -2.78. The molecule has 5 rings (SSSR count). The van der Waals surface area contributed by atoms with Gasteiger partial charge < -0.3 is 9.84 Å². The lowest BCUT2D eigenvalue weighted by atomic mass is 9.74. The lowest BCUT2D eigenvalue weighted by Gasteiger charge is -2.57. The van der Waals surface area contributed by atoms with Gasteiger partial charge in [-0.3, -0.25) is 9.88 Å². The van der Waals surface area contributed by atoms with Crippen LogP contribution in [0.3, 0.4) is 0 Å². The van der Waals surface area contributed by atoms with Crippen LogP contribution in [0, 0.1) is 0 Å². The van der Waals surface area contributed by atoms with Gasteiger partial charge in [0.05, 0.1) is 18.6 Å². The molecule has 3 atom stereocenters. The first-order chi connectivity index (χ1) is 17.0. The zero-order valence-electron chi connectivity index (χ0n) is 19.8. The molecule has 0 spiro atoms. The summed E-state index contributed by atoms with van der Waals surface area (Å²) in [6, 6.07) is 18.9. The zero-order valence-corrected chi connectivity index (χ0v) is 20.6. The number of hydrogen-bond acceptors (Lipinski definition) is 6. The number of aromatic nitrogens is 1. The third kappa shape index (κ3) is 4.59. The minimum absolute atomic E-state index is 0.00659. The van der Waals surface area contributed by atoms with Crippen LogP contribution in [0.4, 0.5) is 0 Å². The van der Waals surface area contributed by atoms with E-state index < -0.39 is 10.0 Å². The van der Waals surface area contributed by atoms with E-state index in [1.165, 1.54) is 0 Å². The van der Waals surface area contributed by atoms with Crippen LogP contribution in [0.2, 0.25) is 0 Å². The van der Waals surface area contributed by atoms with Crippen LogP contribution in [0.1, 0.15) is 24.3 Å². The molecule has 0 unspecified atom stereocenters. The predicted octanol–water partition coefficient (Wildman–Crippen LogP) is 3.37. The number of nitrogens with zero attached hydrogens (tertiary/aromatic N) is 3. The first kappa shape index (κ1) is 23.9. The Morgan fingerprint density at radius 2 is 1.74 bits per heavy atom. The van der Waals surface area contributed by atoms with Gasteiger partial charge in [0, 0.05) is 43.5 Å². The van der Waals surface area contributed by atoms with Crippen molar-refractivity contribution in [3.63, 3.8) is 0 Å². The highest BCUT2D eigenvalue weighted by Crippen LogP contribution is 2.43. The summed E-state index contributed by atoms with van der Waals surface area (Å²) < 4.78 is 33.9. The highest BCUT2D eigenvalue weighted by molar-refractivity contribution is 7.89. The average molecular weight is 494 g/mol. The summed E-state index contributed by atoms with van der Waals surface area (Å²) in [4.78, 5) is 6.77. The third-order valence-corrected chi connectivity index (χ3v) is 9.20. The van der Waals surface area contributed by atoms with Crippen molar-refractivity contribution >= 4 is 10.0 Å². The monoisotopic (exact) mass is 493 g/mol. The lowest BCUT2D eigenvalue weighted by Crippen LogP contribution is -2.67. The van der Waals surface area contributed by atoms with Crippen LogP contribution >= 0.6 is 0 Å². The highest BCUT2D eigenvalue weighted by atomic mass is 32.2. The van der Waals surface area contributed by atoms with Gasteiger partial charge in [0.15, 0.2) is 0 Å². The maximum absolute atomic E-state index is 13.5. The molecule has 0 radical (unpaired) electrons. The van der Waals surface area contributed by atoms with Crippen LogP contribution in [-0.4, -0.2) is 73.1 Å². The molecule has 1 aromatic heterocycles. The number of sulfonamides is 1. The average Bonchev–Trinajstić information content (AvgIpc) is 2.88. The number of ether oxygens (including phenoxy) is 1. The van der Waals surface area contributed by atoms with Gasteiger partial charge in [-0.15, -0.1) is 0 Å². The van der Waals surface area contributed by atoms with Gasteiger partial charge in [0.25, 0.3) is 0 Å². The summed E-state index contributed by atoms with van der Waals surface area (Å²) in [5.41, 5.74) is 3.26. The van der Waals surface area contributed by atoms with Crippen molar-refractivity contribution in [3.8, 4) is 16.9 Å². The highest BCUT2D eigenvalue weighted by Gasteiger charge is 2.50. The Balaban J connectivity index is 1.41. The molecule has 2 aliphatic rings. The summed E-state index contributed by atoms with van der Waals surface area (Å²) in [6.07, 6.45) is 5.29. The van der Waals surface area contributed by atoms with Crippen molar-refractivity contribution in [2.75, 3.05) is 33.4 Å². The van der Waals surface area contributed by atoms with E-state index in [0.717, 1.165) is 36.1 Å². The molecule has 1 N–H and O–H groups in total. The molecule has 2 fully saturated rings. The number of fused-ring (bicyclic) bond motifs is 1. The van der Waals surface area contributed by atoms with Gasteiger partial charge in [-0.25, -0.2) is 8.42 Å². The summed E-state index contributed by atoms with van der Waals surface area (Å²) in [5.74, 6) is 0.692. The topological polar surface area (TPSA) is 83.0 Å². The molecular weight excluding hydrogens is 462 g/mol. The van der Waals surface area contributed by atoms with E-state index in [1.807, 2.05) is 18.3 Å². The summed E-state index contributed by atoms with van der Waals surface area (Å²) in [7, 11) is -2.08. The number of rotatable bonds is 6. The van der Waals surface area contributed by atoms with E-state index in [1.54, 1.807) is 41.9 Å². The van der Waals surface area contributed by atoms with Crippen LogP contribution in [0.25, 0.3) is 11.1 Å². The first-order valence-electron chi connectivity index (χ1n) is 12.0. The van der Waals surface area contributed by atoms with Crippen LogP contribution in [0.15, 0.2) is 78.0 Å². The van der Waals surface area contributed by atoms with E-state index in [9.17, 15) is 13.5 Å². The van der Waals surface area contributed by atoms with E-state index in [4.69, 9.17) is 4.74 Å². The first-order valence-corrected chi connectivity index (χ1v) is 13.5. The van der Waals surface area contributed by atoms with Gasteiger partial charge in [-0.2, -0.15) is 4.31 Å². The van der Waals surface area contributed by atoms with Crippen molar-refractivity contribution in [1.82, 2.24) is 14.2 Å². The standard InChI is InChI=1S/C27H31N3O4S/c1-34-23-10-12-24(13-11-23)35(32,33)29-15-2-3-16-30-25(18-29)27(26(30)19-31)21-8-6-20(7-9-21)22-5-4-14-28-17-22/h4-14,17,25-27,31H,2-3,15-16,18-19H2,1H3/t25-,26+,27-/m0/s1. The molecule has 35 heavy (non-hydrogen) atoms.